The third kappa shape index (κ3) is 2.99. The van der Waals surface area contributed by atoms with Gasteiger partial charge in [0.15, 0.2) is 0 Å². The molecule has 0 bridgehead atoms. The van der Waals surface area contributed by atoms with Crippen LogP contribution in [0.4, 0.5) is 0 Å². The van der Waals surface area contributed by atoms with E-state index in [0.717, 1.165) is 23.2 Å². The highest BCUT2D eigenvalue weighted by Crippen LogP contribution is 2.32. The molecule has 3 aromatic rings. The van der Waals surface area contributed by atoms with Gasteiger partial charge in [0.05, 0.1) is 11.4 Å². The van der Waals surface area contributed by atoms with Gasteiger partial charge in [0.1, 0.15) is 0 Å². The molecule has 27 heavy (non-hydrogen) atoms. The lowest BCUT2D eigenvalue weighted by Gasteiger charge is -2.27. The molecule has 0 atom stereocenters. The Bertz CT molecular complexity index is 1100. The van der Waals surface area contributed by atoms with E-state index in [-0.39, 0.29) is 5.41 Å². The van der Waals surface area contributed by atoms with Crippen LogP contribution >= 0.6 is 0 Å². The van der Waals surface area contributed by atoms with Gasteiger partial charge >= 0.3 is 0 Å². The molecule has 0 radical (unpaired) electrons. The summed E-state index contributed by atoms with van der Waals surface area (Å²) in [6.07, 6.45) is 0.746. The average molecular weight is 383 g/mol. The van der Waals surface area contributed by atoms with E-state index < -0.39 is 10.0 Å². The monoisotopic (exact) mass is 382 g/mol. The molecule has 0 spiro atoms. The Labute approximate surface area is 161 Å². The van der Waals surface area contributed by atoms with Crippen molar-refractivity contribution >= 4 is 20.9 Å². The van der Waals surface area contributed by atoms with Crippen molar-refractivity contribution in [1.29, 1.82) is 0 Å². The number of hydrogen-bond donors (Lipinski definition) is 0. The summed E-state index contributed by atoms with van der Waals surface area (Å²) in [5.74, 6) is 0. The van der Waals surface area contributed by atoms with E-state index in [1.54, 1.807) is 16.4 Å². The van der Waals surface area contributed by atoms with Crippen LogP contribution in [0.3, 0.4) is 0 Å². The molecule has 1 aliphatic rings. The van der Waals surface area contributed by atoms with Crippen molar-refractivity contribution in [3.05, 3.63) is 65.4 Å². The number of para-hydroxylation sites is 1. The van der Waals surface area contributed by atoms with Gasteiger partial charge < -0.3 is 4.57 Å². The zero-order valence-corrected chi connectivity index (χ0v) is 17.2. The lowest BCUT2D eigenvalue weighted by molar-refractivity contribution is 0.382. The minimum atomic E-state index is -3.50. The molecule has 0 saturated heterocycles. The van der Waals surface area contributed by atoms with Gasteiger partial charge in [-0.15, -0.1) is 0 Å². The second-order valence-corrected chi connectivity index (χ2v) is 10.3. The fourth-order valence-corrected chi connectivity index (χ4v) is 5.37. The van der Waals surface area contributed by atoms with Gasteiger partial charge in [0.25, 0.3) is 0 Å². The van der Waals surface area contributed by atoms with Crippen LogP contribution in [-0.4, -0.2) is 23.8 Å². The fraction of sp³-hybridized carbons (Fsp3) is 0.364. The average Bonchev–Trinajstić information content (AvgIpc) is 2.94. The van der Waals surface area contributed by atoms with E-state index >= 15 is 0 Å². The van der Waals surface area contributed by atoms with Crippen LogP contribution in [0.1, 0.15) is 37.6 Å². The second-order valence-electron chi connectivity index (χ2n) is 8.36. The molecule has 142 valence electrons. The number of sulfonamides is 1. The molecule has 1 aliphatic heterocycles. The Morgan fingerprint density at radius 2 is 1.63 bits per heavy atom. The highest BCUT2D eigenvalue weighted by molar-refractivity contribution is 7.89. The van der Waals surface area contributed by atoms with Crippen LogP contribution in [0.5, 0.6) is 0 Å². The first-order valence-electron chi connectivity index (χ1n) is 9.35. The number of benzene rings is 2. The van der Waals surface area contributed by atoms with Crippen molar-refractivity contribution < 1.29 is 8.42 Å². The van der Waals surface area contributed by atoms with E-state index in [1.165, 1.54) is 10.9 Å². The molecule has 1 aromatic heterocycles. The second kappa shape index (κ2) is 6.21. The number of aryl methyl sites for hydroxylation is 1. The summed E-state index contributed by atoms with van der Waals surface area (Å²) in [6, 6.07) is 15.6. The Kier molecular flexibility index (Phi) is 4.20. The van der Waals surface area contributed by atoms with Crippen LogP contribution in [0.2, 0.25) is 0 Å². The Hall–Kier alpha value is -2.11. The molecular formula is C22H26N2O2S. The zero-order valence-electron chi connectivity index (χ0n) is 16.4. The standard InChI is InChI=1S/C22H26N2O2S/c1-22(2,3)16-9-11-17(12-10-16)27(25,26)24-14-13-19-18-7-5-6-8-20(18)23(4)21(19)15-24/h5-12H,13-15H2,1-4H3. The summed E-state index contributed by atoms with van der Waals surface area (Å²) in [5, 5.41) is 1.24. The highest BCUT2D eigenvalue weighted by atomic mass is 32.2. The Morgan fingerprint density at radius 1 is 0.963 bits per heavy atom. The molecule has 4 rings (SSSR count). The zero-order chi connectivity index (χ0) is 19.4. The highest BCUT2D eigenvalue weighted by Gasteiger charge is 2.31. The number of rotatable bonds is 2. The van der Waals surface area contributed by atoms with E-state index in [0.29, 0.717) is 18.0 Å². The molecule has 0 saturated carbocycles. The van der Waals surface area contributed by atoms with Crippen molar-refractivity contribution in [3.63, 3.8) is 0 Å². The molecule has 2 aromatic carbocycles. The molecule has 4 nitrogen and oxygen atoms in total. The minimum absolute atomic E-state index is 0.00542. The molecule has 0 aliphatic carbocycles. The number of hydrogen-bond acceptors (Lipinski definition) is 2. The van der Waals surface area contributed by atoms with Crippen LogP contribution in [0, 0.1) is 0 Å². The molecule has 0 fully saturated rings. The topological polar surface area (TPSA) is 42.3 Å². The normalized spacial score (nSPS) is 15.9. The molecule has 0 amide bonds. The first kappa shape index (κ1) is 18.3. The quantitative estimate of drug-likeness (QED) is 0.666. The van der Waals surface area contributed by atoms with Crippen molar-refractivity contribution in [2.75, 3.05) is 6.54 Å². The summed E-state index contributed by atoms with van der Waals surface area (Å²) >= 11 is 0. The Balaban J connectivity index is 1.69. The van der Waals surface area contributed by atoms with Crippen LogP contribution in [0.15, 0.2) is 53.4 Å². The van der Waals surface area contributed by atoms with Gasteiger partial charge in [-0.2, -0.15) is 4.31 Å². The van der Waals surface area contributed by atoms with Crippen molar-refractivity contribution in [1.82, 2.24) is 8.87 Å². The molecule has 5 heteroatoms. The fourth-order valence-electron chi connectivity index (χ4n) is 3.97. The summed E-state index contributed by atoms with van der Waals surface area (Å²) in [4.78, 5) is 0.373. The lowest BCUT2D eigenvalue weighted by atomic mass is 9.87. The van der Waals surface area contributed by atoms with Gasteiger partial charge in [-0.3, -0.25) is 0 Å². The Morgan fingerprint density at radius 3 is 2.30 bits per heavy atom. The van der Waals surface area contributed by atoms with E-state index in [2.05, 4.69) is 37.5 Å². The van der Waals surface area contributed by atoms with Gasteiger partial charge in [-0.05, 0) is 41.2 Å². The van der Waals surface area contributed by atoms with Gasteiger partial charge in [0.2, 0.25) is 10.0 Å². The van der Waals surface area contributed by atoms with Crippen molar-refractivity contribution in [3.8, 4) is 0 Å². The van der Waals surface area contributed by atoms with Crippen LogP contribution in [-0.2, 0) is 35.5 Å². The first-order chi connectivity index (χ1) is 12.7. The summed E-state index contributed by atoms with van der Waals surface area (Å²) in [5.41, 5.74) is 4.68. The van der Waals surface area contributed by atoms with E-state index in [9.17, 15) is 8.42 Å². The maximum Gasteiger partial charge on any atom is 0.243 e. The first-order valence-corrected chi connectivity index (χ1v) is 10.8. The SMILES string of the molecule is Cn1c2c(c3ccccc31)CCN(S(=O)(=O)c1ccc(C(C)(C)C)cc1)C2. The van der Waals surface area contributed by atoms with E-state index in [1.807, 2.05) is 31.3 Å². The predicted octanol–water partition coefficient (Wildman–Crippen LogP) is 4.22. The maximum atomic E-state index is 13.2. The molecular weight excluding hydrogens is 356 g/mol. The summed E-state index contributed by atoms with van der Waals surface area (Å²) in [6.45, 7) is 7.32. The lowest BCUT2D eigenvalue weighted by Crippen LogP contribution is -2.36. The van der Waals surface area contributed by atoms with Crippen LogP contribution in [0.25, 0.3) is 10.9 Å². The van der Waals surface area contributed by atoms with E-state index in [4.69, 9.17) is 0 Å². The largest absolute Gasteiger partial charge is 0.346 e. The molecule has 0 unspecified atom stereocenters. The van der Waals surface area contributed by atoms with Crippen molar-refractivity contribution in [2.45, 2.75) is 44.0 Å². The van der Waals surface area contributed by atoms with Gasteiger partial charge in [0, 0.05) is 30.2 Å². The van der Waals surface area contributed by atoms with Crippen LogP contribution < -0.4 is 0 Å². The van der Waals surface area contributed by atoms with Crippen molar-refractivity contribution in [2.24, 2.45) is 7.05 Å². The molecule has 2 heterocycles. The number of fused-ring (bicyclic) bond motifs is 3. The summed E-state index contributed by atoms with van der Waals surface area (Å²) < 4.78 is 30.1. The molecule has 0 N–H and O–H groups in total. The smallest absolute Gasteiger partial charge is 0.243 e. The third-order valence-corrected chi connectivity index (χ3v) is 7.50. The van der Waals surface area contributed by atoms with Gasteiger partial charge in [-0.25, -0.2) is 8.42 Å². The predicted molar refractivity (Wildman–Crippen MR) is 109 cm³/mol. The third-order valence-electron chi connectivity index (χ3n) is 5.64. The minimum Gasteiger partial charge on any atom is -0.346 e. The number of aromatic nitrogens is 1. The summed E-state index contributed by atoms with van der Waals surface area (Å²) in [7, 11) is -1.48. The van der Waals surface area contributed by atoms with Gasteiger partial charge in [-0.1, -0.05) is 51.1 Å². The number of nitrogens with zero attached hydrogens (tertiary/aromatic N) is 2. The maximum absolute atomic E-state index is 13.2.